The molecule has 2 rings (SSSR count). The molecule has 2 nitrogen and oxygen atoms in total. The van der Waals surface area contributed by atoms with E-state index in [2.05, 4.69) is 66.3 Å². The minimum absolute atomic E-state index is 0.799. The first-order chi connectivity index (χ1) is 9.51. The van der Waals surface area contributed by atoms with E-state index in [9.17, 15) is 0 Å². The van der Waals surface area contributed by atoms with Gasteiger partial charge in [-0.3, -0.25) is 0 Å². The highest BCUT2D eigenvalue weighted by Gasteiger charge is 2.05. The molecule has 0 unspecified atom stereocenters. The number of ether oxygens (including phenoxy) is 1. The largest absolute Gasteiger partial charge is 0.496 e. The van der Waals surface area contributed by atoms with Crippen LogP contribution in [-0.4, -0.2) is 7.11 Å². The molecule has 0 radical (unpaired) electrons. The Morgan fingerprint density at radius 1 is 1.05 bits per heavy atom. The van der Waals surface area contributed by atoms with E-state index in [0.29, 0.717) is 0 Å². The van der Waals surface area contributed by atoms with Crippen molar-refractivity contribution in [2.45, 2.75) is 27.3 Å². The summed E-state index contributed by atoms with van der Waals surface area (Å²) in [6.07, 6.45) is 0. The van der Waals surface area contributed by atoms with Gasteiger partial charge < -0.3 is 10.1 Å². The number of benzene rings is 2. The van der Waals surface area contributed by atoms with Gasteiger partial charge >= 0.3 is 0 Å². The van der Waals surface area contributed by atoms with Crippen LogP contribution in [-0.2, 0) is 6.54 Å². The molecule has 106 valence electrons. The Balaban J connectivity index is 2.15. The third-order valence-corrected chi connectivity index (χ3v) is 3.99. The van der Waals surface area contributed by atoms with Gasteiger partial charge in [-0.2, -0.15) is 0 Å². The second-order valence-electron chi connectivity index (χ2n) is 5.10. The van der Waals surface area contributed by atoms with Crippen LogP contribution in [0.5, 0.6) is 5.75 Å². The fraction of sp³-hybridized carbons (Fsp3) is 0.294. The number of hydrogen-bond donors (Lipinski definition) is 1. The van der Waals surface area contributed by atoms with E-state index >= 15 is 0 Å². The second-order valence-corrected chi connectivity index (χ2v) is 5.95. The van der Waals surface area contributed by atoms with E-state index in [1.165, 1.54) is 16.7 Å². The highest BCUT2D eigenvalue weighted by atomic mass is 79.9. The van der Waals surface area contributed by atoms with Crippen LogP contribution < -0.4 is 10.1 Å². The number of halogens is 1. The number of methoxy groups -OCH3 is 1. The molecule has 0 aliphatic heterocycles. The van der Waals surface area contributed by atoms with E-state index in [0.717, 1.165) is 28.0 Å². The predicted molar refractivity (Wildman–Crippen MR) is 88.7 cm³/mol. The van der Waals surface area contributed by atoms with Crippen molar-refractivity contribution >= 4 is 21.6 Å². The molecular weight excluding hydrogens is 314 g/mol. The fourth-order valence-corrected chi connectivity index (χ4v) is 3.19. The van der Waals surface area contributed by atoms with Crippen molar-refractivity contribution in [2.24, 2.45) is 0 Å². The van der Waals surface area contributed by atoms with E-state index in [4.69, 9.17) is 4.74 Å². The summed E-state index contributed by atoms with van der Waals surface area (Å²) in [6.45, 7) is 7.09. The molecule has 3 heteroatoms. The maximum atomic E-state index is 5.29. The van der Waals surface area contributed by atoms with Crippen molar-refractivity contribution in [3.63, 3.8) is 0 Å². The summed E-state index contributed by atoms with van der Waals surface area (Å²) < 4.78 is 6.40. The van der Waals surface area contributed by atoms with Crippen LogP contribution in [0, 0.1) is 20.8 Å². The van der Waals surface area contributed by atoms with Crippen molar-refractivity contribution in [3.05, 3.63) is 57.1 Å². The topological polar surface area (TPSA) is 21.3 Å². The summed E-state index contributed by atoms with van der Waals surface area (Å²) in [5, 5.41) is 3.50. The summed E-state index contributed by atoms with van der Waals surface area (Å²) in [5.74, 6) is 0.932. The zero-order chi connectivity index (χ0) is 14.7. The Labute approximate surface area is 129 Å². The maximum Gasteiger partial charge on any atom is 0.121 e. The summed E-state index contributed by atoms with van der Waals surface area (Å²) in [5.41, 5.74) is 6.08. The van der Waals surface area contributed by atoms with Crippen LogP contribution in [0.2, 0.25) is 0 Å². The molecule has 0 amide bonds. The van der Waals surface area contributed by atoms with E-state index in [1.807, 2.05) is 6.07 Å². The molecule has 20 heavy (non-hydrogen) atoms. The Kier molecular flexibility index (Phi) is 4.71. The normalized spacial score (nSPS) is 10.4. The molecule has 0 saturated carbocycles. The molecule has 0 saturated heterocycles. The van der Waals surface area contributed by atoms with Crippen LogP contribution in [0.15, 0.2) is 34.8 Å². The number of aryl methyl sites for hydroxylation is 3. The van der Waals surface area contributed by atoms with Crippen LogP contribution in [0.3, 0.4) is 0 Å². The Morgan fingerprint density at radius 3 is 2.40 bits per heavy atom. The van der Waals surface area contributed by atoms with Crippen molar-refractivity contribution in [3.8, 4) is 5.75 Å². The predicted octanol–water partition coefficient (Wildman–Crippen LogP) is 5.00. The molecule has 0 bridgehead atoms. The summed E-state index contributed by atoms with van der Waals surface area (Å²) in [7, 11) is 1.70. The molecular formula is C17H20BrNO. The first-order valence-electron chi connectivity index (χ1n) is 6.65. The molecule has 0 atom stereocenters. The van der Waals surface area contributed by atoms with Gasteiger partial charge in [0.2, 0.25) is 0 Å². The average Bonchev–Trinajstić information content (AvgIpc) is 2.37. The SMILES string of the molecule is COc1ccc(CNc2c(C)cc(C)cc2Br)cc1C. The van der Waals surface area contributed by atoms with Gasteiger partial charge in [0.1, 0.15) is 5.75 Å². The van der Waals surface area contributed by atoms with Crippen molar-refractivity contribution in [2.75, 3.05) is 12.4 Å². The lowest BCUT2D eigenvalue weighted by molar-refractivity contribution is 0.411. The quantitative estimate of drug-likeness (QED) is 0.850. The Hall–Kier alpha value is -1.48. The van der Waals surface area contributed by atoms with Crippen LogP contribution >= 0.6 is 15.9 Å². The van der Waals surface area contributed by atoms with Gasteiger partial charge in [-0.25, -0.2) is 0 Å². The third-order valence-electron chi connectivity index (χ3n) is 3.36. The van der Waals surface area contributed by atoms with E-state index in [-0.39, 0.29) is 0 Å². The van der Waals surface area contributed by atoms with Gasteiger partial charge in [0.15, 0.2) is 0 Å². The van der Waals surface area contributed by atoms with Gasteiger partial charge in [-0.15, -0.1) is 0 Å². The van der Waals surface area contributed by atoms with E-state index in [1.54, 1.807) is 7.11 Å². The second kappa shape index (κ2) is 6.31. The van der Waals surface area contributed by atoms with Gasteiger partial charge in [0.25, 0.3) is 0 Å². The smallest absolute Gasteiger partial charge is 0.121 e. The Morgan fingerprint density at radius 2 is 1.80 bits per heavy atom. The number of nitrogens with one attached hydrogen (secondary N) is 1. The molecule has 2 aromatic rings. The molecule has 0 aliphatic carbocycles. The Bertz CT molecular complexity index is 599. The van der Waals surface area contributed by atoms with Gasteiger partial charge in [-0.05, 0) is 71.1 Å². The highest BCUT2D eigenvalue weighted by molar-refractivity contribution is 9.10. The number of rotatable bonds is 4. The zero-order valence-electron chi connectivity index (χ0n) is 12.4. The standard InChI is InChI=1S/C17H20BrNO/c1-11-7-13(3)17(15(18)8-11)19-10-14-5-6-16(20-4)12(2)9-14/h5-9,19H,10H2,1-4H3. The summed E-state index contributed by atoms with van der Waals surface area (Å²) >= 11 is 3.63. The van der Waals surface area contributed by atoms with Crippen molar-refractivity contribution in [1.82, 2.24) is 0 Å². The molecule has 0 spiro atoms. The number of hydrogen-bond acceptors (Lipinski definition) is 2. The van der Waals surface area contributed by atoms with Crippen LogP contribution in [0.1, 0.15) is 22.3 Å². The zero-order valence-corrected chi connectivity index (χ0v) is 14.0. The molecule has 0 fully saturated rings. The molecule has 0 heterocycles. The first kappa shape index (κ1) is 14.9. The number of anilines is 1. The lowest BCUT2D eigenvalue weighted by Crippen LogP contribution is -2.03. The van der Waals surface area contributed by atoms with Crippen LogP contribution in [0.4, 0.5) is 5.69 Å². The average molecular weight is 334 g/mol. The first-order valence-corrected chi connectivity index (χ1v) is 7.44. The minimum Gasteiger partial charge on any atom is -0.496 e. The molecule has 1 N–H and O–H groups in total. The van der Waals surface area contributed by atoms with Crippen LogP contribution in [0.25, 0.3) is 0 Å². The van der Waals surface area contributed by atoms with Gasteiger partial charge in [0.05, 0.1) is 12.8 Å². The van der Waals surface area contributed by atoms with E-state index < -0.39 is 0 Å². The molecule has 0 aromatic heterocycles. The maximum absolute atomic E-state index is 5.29. The van der Waals surface area contributed by atoms with Gasteiger partial charge in [-0.1, -0.05) is 18.2 Å². The molecule has 0 aliphatic rings. The summed E-state index contributed by atoms with van der Waals surface area (Å²) in [6, 6.07) is 10.6. The summed E-state index contributed by atoms with van der Waals surface area (Å²) in [4.78, 5) is 0. The third kappa shape index (κ3) is 3.34. The minimum atomic E-state index is 0.799. The molecule has 2 aromatic carbocycles. The lowest BCUT2D eigenvalue weighted by Gasteiger charge is -2.14. The fourth-order valence-electron chi connectivity index (χ4n) is 2.38. The monoisotopic (exact) mass is 333 g/mol. The van der Waals surface area contributed by atoms with Crippen molar-refractivity contribution < 1.29 is 4.74 Å². The van der Waals surface area contributed by atoms with Gasteiger partial charge in [0, 0.05) is 11.0 Å². The lowest BCUT2D eigenvalue weighted by atomic mass is 10.1. The highest BCUT2D eigenvalue weighted by Crippen LogP contribution is 2.28. The van der Waals surface area contributed by atoms with Crippen molar-refractivity contribution in [1.29, 1.82) is 0 Å².